The SMILES string of the molecule is COc1ccccc1[C@H]1c2c(C)nn(-c3ccccc3)c2Oc2ncn3nc(-c4cccs4)nc3c21. The molecule has 9 heteroatoms. The van der Waals surface area contributed by atoms with Gasteiger partial charge >= 0.3 is 0 Å². The Morgan fingerprint density at radius 2 is 1.78 bits per heavy atom. The fraction of sp³-hybridized carbons (Fsp3) is 0.111. The average molecular weight is 493 g/mol. The van der Waals surface area contributed by atoms with E-state index in [1.165, 1.54) is 0 Å². The van der Waals surface area contributed by atoms with Gasteiger partial charge < -0.3 is 9.47 Å². The molecule has 0 fully saturated rings. The Morgan fingerprint density at radius 3 is 2.58 bits per heavy atom. The lowest BCUT2D eigenvalue weighted by atomic mass is 9.84. The van der Waals surface area contributed by atoms with Gasteiger partial charge in [-0.05, 0) is 36.6 Å². The smallest absolute Gasteiger partial charge is 0.230 e. The lowest BCUT2D eigenvalue weighted by Gasteiger charge is -2.27. The van der Waals surface area contributed by atoms with Crippen LogP contribution in [0.2, 0.25) is 0 Å². The summed E-state index contributed by atoms with van der Waals surface area (Å²) in [4.78, 5) is 10.6. The highest BCUT2D eigenvalue weighted by atomic mass is 32.1. The van der Waals surface area contributed by atoms with E-state index in [-0.39, 0.29) is 5.92 Å². The quantitative estimate of drug-likeness (QED) is 0.316. The zero-order valence-electron chi connectivity index (χ0n) is 19.5. The van der Waals surface area contributed by atoms with Gasteiger partial charge in [-0.25, -0.2) is 19.2 Å². The molecule has 0 bridgehead atoms. The number of para-hydroxylation sites is 2. The molecule has 8 nitrogen and oxygen atoms in total. The van der Waals surface area contributed by atoms with Gasteiger partial charge in [0.05, 0.1) is 40.4 Å². The second-order valence-corrected chi connectivity index (χ2v) is 9.42. The van der Waals surface area contributed by atoms with Crippen LogP contribution in [-0.4, -0.2) is 36.5 Å². The molecule has 6 aromatic rings. The number of fused-ring (bicyclic) bond motifs is 4. The molecular formula is C27H20N6O2S. The number of nitrogens with zero attached hydrogens (tertiary/aromatic N) is 6. The summed E-state index contributed by atoms with van der Waals surface area (Å²) in [5.41, 5.74) is 5.23. The molecule has 0 radical (unpaired) electrons. The number of benzene rings is 2. The molecule has 5 heterocycles. The first-order valence-electron chi connectivity index (χ1n) is 11.5. The molecule has 4 aromatic heterocycles. The van der Waals surface area contributed by atoms with Crippen molar-refractivity contribution < 1.29 is 9.47 Å². The van der Waals surface area contributed by atoms with Crippen molar-refractivity contribution in [3.05, 3.63) is 101 Å². The third-order valence-electron chi connectivity index (χ3n) is 6.41. The van der Waals surface area contributed by atoms with Crippen molar-refractivity contribution in [1.29, 1.82) is 0 Å². The van der Waals surface area contributed by atoms with E-state index in [9.17, 15) is 0 Å². The van der Waals surface area contributed by atoms with E-state index in [1.54, 1.807) is 29.3 Å². The standard InChI is InChI=1S/C27H20N6O2S/c1-16-21-22(18-11-6-7-12-19(18)34-2)23-25-29-24(20-13-8-14-36-20)31-32(25)15-28-26(23)35-27(21)33(30-16)17-9-4-3-5-10-17/h3-15,22H,1-2H3/t22-/m0/s1. The summed E-state index contributed by atoms with van der Waals surface area (Å²) in [6, 6.07) is 22.0. The number of aryl methyl sites for hydroxylation is 1. The van der Waals surface area contributed by atoms with Crippen molar-refractivity contribution >= 4 is 17.0 Å². The molecule has 0 amide bonds. The number of rotatable bonds is 4. The van der Waals surface area contributed by atoms with Crippen LogP contribution in [0.15, 0.2) is 78.4 Å². The third kappa shape index (κ3) is 3.06. The molecule has 176 valence electrons. The van der Waals surface area contributed by atoms with E-state index in [4.69, 9.17) is 24.7 Å². The van der Waals surface area contributed by atoms with Gasteiger partial charge in [0.25, 0.3) is 0 Å². The van der Waals surface area contributed by atoms with Crippen molar-refractivity contribution in [3.63, 3.8) is 0 Å². The van der Waals surface area contributed by atoms with Crippen molar-refractivity contribution in [3.8, 4) is 33.9 Å². The summed E-state index contributed by atoms with van der Waals surface area (Å²) >= 11 is 1.60. The number of ether oxygens (including phenoxy) is 2. The van der Waals surface area contributed by atoms with E-state index < -0.39 is 0 Å². The number of thiophene rings is 1. The molecule has 0 unspecified atom stereocenters. The first kappa shape index (κ1) is 20.8. The van der Waals surface area contributed by atoms with Crippen LogP contribution in [0.5, 0.6) is 17.5 Å². The van der Waals surface area contributed by atoms with E-state index in [1.807, 2.05) is 77.6 Å². The van der Waals surface area contributed by atoms with Crippen LogP contribution in [0.1, 0.15) is 28.3 Å². The fourth-order valence-corrected chi connectivity index (χ4v) is 5.50. The van der Waals surface area contributed by atoms with Gasteiger partial charge in [0.2, 0.25) is 11.8 Å². The predicted molar refractivity (Wildman–Crippen MR) is 136 cm³/mol. The van der Waals surface area contributed by atoms with Gasteiger partial charge in [-0.3, -0.25) is 0 Å². The maximum absolute atomic E-state index is 6.49. The molecule has 0 saturated heterocycles. The summed E-state index contributed by atoms with van der Waals surface area (Å²) in [6.07, 6.45) is 1.65. The minimum atomic E-state index is -0.269. The molecule has 0 aliphatic carbocycles. The average Bonchev–Trinajstić information content (AvgIpc) is 3.67. The number of methoxy groups -OCH3 is 1. The van der Waals surface area contributed by atoms with Crippen molar-refractivity contribution in [2.45, 2.75) is 12.8 Å². The maximum Gasteiger partial charge on any atom is 0.230 e. The van der Waals surface area contributed by atoms with Crippen molar-refractivity contribution in [2.75, 3.05) is 7.11 Å². The Balaban J connectivity index is 1.53. The van der Waals surface area contributed by atoms with Gasteiger partial charge in [0.1, 0.15) is 12.1 Å². The summed E-state index contributed by atoms with van der Waals surface area (Å²) in [7, 11) is 1.69. The number of hydrogen-bond acceptors (Lipinski definition) is 7. The van der Waals surface area contributed by atoms with E-state index in [2.05, 4.69) is 11.1 Å². The van der Waals surface area contributed by atoms with Crippen LogP contribution in [0.3, 0.4) is 0 Å². The minimum absolute atomic E-state index is 0.269. The van der Waals surface area contributed by atoms with Gasteiger partial charge in [0, 0.05) is 5.56 Å². The highest BCUT2D eigenvalue weighted by Crippen LogP contribution is 2.51. The summed E-state index contributed by atoms with van der Waals surface area (Å²) in [5, 5.41) is 11.6. The number of aromatic nitrogens is 6. The van der Waals surface area contributed by atoms with Crippen molar-refractivity contribution in [2.24, 2.45) is 0 Å². The molecule has 2 aromatic carbocycles. The molecule has 1 aliphatic heterocycles. The molecule has 7 rings (SSSR count). The topological polar surface area (TPSA) is 79.4 Å². The normalized spacial score (nSPS) is 14.3. The molecule has 36 heavy (non-hydrogen) atoms. The maximum atomic E-state index is 6.49. The first-order valence-corrected chi connectivity index (χ1v) is 12.4. The van der Waals surface area contributed by atoms with E-state index in [0.29, 0.717) is 23.2 Å². The zero-order chi connectivity index (χ0) is 24.2. The van der Waals surface area contributed by atoms with Gasteiger partial charge in [-0.15, -0.1) is 16.4 Å². The first-order chi connectivity index (χ1) is 17.7. The van der Waals surface area contributed by atoms with Crippen LogP contribution >= 0.6 is 11.3 Å². The lowest BCUT2D eigenvalue weighted by Crippen LogP contribution is -2.16. The fourth-order valence-electron chi connectivity index (χ4n) is 4.85. The van der Waals surface area contributed by atoms with Crippen LogP contribution in [0, 0.1) is 6.92 Å². The Kier molecular flexibility index (Phi) is 4.65. The summed E-state index contributed by atoms with van der Waals surface area (Å²) in [5.74, 6) is 2.27. The Morgan fingerprint density at radius 1 is 0.944 bits per heavy atom. The monoisotopic (exact) mass is 492 g/mol. The highest BCUT2D eigenvalue weighted by molar-refractivity contribution is 7.13. The van der Waals surface area contributed by atoms with Gasteiger partial charge in [0.15, 0.2) is 11.5 Å². The molecule has 0 N–H and O–H groups in total. The minimum Gasteiger partial charge on any atom is -0.496 e. The van der Waals surface area contributed by atoms with E-state index in [0.717, 1.165) is 38.7 Å². The summed E-state index contributed by atoms with van der Waals surface area (Å²) < 4.78 is 15.9. The largest absolute Gasteiger partial charge is 0.496 e. The molecule has 1 atom stereocenters. The third-order valence-corrected chi connectivity index (χ3v) is 7.28. The van der Waals surface area contributed by atoms with E-state index >= 15 is 0 Å². The molecule has 1 aliphatic rings. The van der Waals surface area contributed by atoms with Gasteiger partial charge in [-0.1, -0.05) is 42.5 Å². The Hall–Kier alpha value is -4.50. The van der Waals surface area contributed by atoms with Crippen molar-refractivity contribution in [1.82, 2.24) is 29.4 Å². The Labute approximate surface area is 210 Å². The second-order valence-electron chi connectivity index (χ2n) is 8.47. The Bertz CT molecular complexity index is 1720. The highest BCUT2D eigenvalue weighted by Gasteiger charge is 2.39. The molecule has 0 spiro atoms. The number of hydrogen-bond donors (Lipinski definition) is 0. The lowest BCUT2D eigenvalue weighted by molar-refractivity contribution is 0.393. The van der Waals surface area contributed by atoms with Crippen LogP contribution in [0.25, 0.3) is 22.0 Å². The van der Waals surface area contributed by atoms with Crippen LogP contribution in [0.4, 0.5) is 0 Å². The second kappa shape index (κ2) is 8.03. The van der Waals surface area contributed by atoms with Gasteiger partial charge in [-0.2, -0.15) is 5.10 Å². The zero-order valence-corrected chi connectivity index (χ0v) is 20.3. The predicted octanol–water partition coefficient (Wildman–Crippen LogP) is 5.64. The summed E-state index contributed by atoms with van der Waals surface area (Å²) in [6.45, 7) is 2.00. The van der Waals surface area contributed by atoms with Crippen LogP contribution in [-0.2, 0) is 0 Å². The molecular weight excluding hydrogens is 472 g/mol. The molecule has 0 saturated carbocycles. The van der Waals surface area contributed by atoms with Crippen LogP contribution < -0.4 is 9.47 Å².